The number of hydrogen-bond donors (Lipinski definition) is 2. The summed E-state index contributed by atoms with van der Waals surface area (Å²) in [4.78, 5) is 20.2. The summed E-state index contributed by atoms with van der Waals surface area (Å²) < 4.78 is 10.6. The van der Waals surface area contributed by atoms with Crippen molar-refractivity contribution in [1.29, 1.82) is 0 Å². The molecule has 0 amide bonds. The Bertz CT molecular complexity index is 989. The van der Waals surface area contributed by atoms with Gasteiger partial charge in [0, 0.05) is 0 Å². The summed E-state index contributed by atoms with van der Waals surface area (Å²) in [6.07, 6.45) is 1.34. The molecule has 0 saturated heterocycles. The van der Waals surface area contributed by atoms with Crippen molar-refractivity contribution in [3.63, 3.8) is 0 Å². The van der Waals surface area contributed by atoms with Gasteiger partial charge in [-0.05, 0) is 49.2 Å². The van der Waals surface area contributed by atoms with Crippen LogP contribution < -0.4 is 15.8 Å². The summed E-state index contributed by atoms with van der Waals surface area (Å²) in [5.41, 5.74) is 9.57. The van der Waals surface area contributed by atoms with Crippen LogP contribution in [0.5, 0.6) is 11.6 Å². The molecule has 0 aliphatic rings. The van der Waals surface area contributed by atoms with E-state index in [0.29, 0.717) is 22.8 Å². The minimum absolute atomic E-state index is 0.228. The summed E-state index contributed by atoms with van der Waals surface area (Å²) in [5, 5.41) is 3.05. The van der Waals surface area contributed by atoms with E-state index < -0.39 is 5.97 Å². The average molecular weight is 364 g/mol. The standard InChI is InChI=1S/C20H20N4O3/c1-12-8-9-14(10-13(12)2)27-19-17(21)18(22-11-23-19)24-16-7-5-4-6-15(16)20(25)26-3/h4-11H,21H2,1-3H3,(H,22,23,24). The lowest BCUT2D eigenvalue weighted by Crippen LogP contribution is -2.08. The number of ether oxygens (including phenoxy) is 2. The summed E-state index contributed by atoms with van der Waals surface area (Å²) in [6.45, 7) is 4.03. The minimum atomic E-state index is -0.461. The number of nitrogens with two attached hydrogens (primary N) is 1. The second kappa shape index (κ2) is 7.74. The molecule has 0 spiro atoms. The maximum absolute atomic E-state index is 11.9. The summed E-state index contributed by atoms with van der Waals surface area (Å²) in [7, 11) is 1.33. The lowest BCUT2D eigenvalue weighted by Gasteiger charge is -2.14. The lowest BCUT2D eigenvalue weighted by atomic mass is 10.1. The number of para-hydroxylation sites is 1. The molecule has 0 unspecified atom stereocenters. The topological polar surface area (TPSA) is 99.4 Å². The Morgan fingerprint density at radius 2 is 1.85 bits per heavy atom. The number of aryl methyl sites for hydroxylation is 2. The Balaban J connectivity index is 1.90. The molecule has 0 fully saturated rings. The zero-order chi connectivity index (χ0) is 19.4. The van der Waals surface area contributed by atoms with Crippen molar-refractivity contribution in [3.8, 4) is 11.6 Å². The molecule has 138 valence electrons. The monoisotopic (exact) mass is 364 g/mol. The molecule has 7 nitrogen and oxygen atoms in total. The van der Waals surface area contributed by atoms with Crippen molar-refractivity contribution >= 4 is 23.2 Å². The van der Waals surface area contributed by atoms with Gasteiger partial charge in [0.1, 0.15) is 17.8 Å². The number of anilines is 3. The van der Waals surface area contributed by atoms with Crippen LogP contribution in [0.4, 0.5) is 17.2 Å². The second-order valence-corrected chi connectivity index (χ2v) is 5.95. The zero-order valence-corrected chi connectivity index (χ0v) is 15.3. The Morgan fingerprint density at radius 3 is 2.59 bits per heavy atom. The fourth-order valence-corrected chi connectivity index (χ4v) is 2.46. The van der Waals surface area contributed by atoms with Crippen molar-refractivity contribution < 1.29 is 14.3 Å². The number of nitrogens with zero attached hydrogens (tertiary/aromatic N) is 2. The predicted octanol–water partition coefficient (Wildman–Crippen LogP) is 4.00. The summed E-state index contributed by atoms with van der Waals surface area (Å²) in [6, 6.07) is 12.7. The number of esters is 1. The lowest BCUT2D eigenvalue weighted by molar-refractivity contribution is 0.0602. The first kappa shape index (κ1) is 18.2. The number of aromatic nitrogens is 2. The minimum Gasteiger partial charge on any atom is -0.465 e. The van der Waals surface area contributed by atoms with Crippen molar-refractivity contribution in [1.82, 2.24) is 9.97 Å². The van der Waals surface area contributed by atoms with E-state index in [2.05, 4.69) is 15.3 Å². The van der Waals surface area contributed by atoms with E-state index in [1.807, 2.05) is 32.0 Å². The molecular weight excluding hydrogens is 344 g/mol. The highest BCUT2D eigenvalue weighted by Gasteiger charge is 2.15. The van der Waals surface area contributed by atoms with Gasteiger partial charge in [0.15, 0.2) is 5.82 Å². The number of carbonyl (C=O) groups is 1. The molecule has 0 bridgehead atoms. The van der Waals surface area contributed by atoms with E-state index in [-0.39, 0.29) is 11.6 Å². The number of nitrogen functional groups attached to an aromatic ring is 1. The van der Waals surface area contributed by atoms with Crippen molar-refractivity contribution in [2.45, 2.75) is 13.8 Å². The van der Waals surface area contributed by atoms with E-state index in [1.165, 1.54) is 19.0 Å². The fourth-order valence-electron chi connectivity index (χ4n) is 2.46. The van der Waals surface area contributed by atoms with Crippen molar-refractivity contribution in [3.05, 3.63) is 65.5 Å². The SMILES string of the molecule is COC(=O)c1ccccc1Nc1ncnc(Oc2ccc(C)c(C)c2)c1N. The van der Waals surface area contributed by atoms with Gasteiger partial charge < -0.3 is 20.5 Å². The van der Waals surface area contributed by atoms with E-state index in [0.717, 1.165) is 5.56 Å². The van der Waals surface area contributed by atoms with Crippen molar-refractivity contribution in [2.24, 2.45) is 0 Å². The number of hydrogen-bond acceptors (Lipinski definition) is 7. The number of methoxy groups -OCH3 is 1. The largest absolute Gasteiger partial charge is 0.465 e. The van der Waals surface area contributed by atoms with Gasteiger partial charge in [0.2, 0.25) is 5.88 Å². The maximum Gasteiger partial charge on any atom is 0.339 e. The van der Waals surface area contributed by atoms with E-state index in [9.17, 15) is 4.79 Å². The quantitative estimate of drug-likeness (QED) is 0.660. The molecule has 0 aliphatic heterocycles. The van der Waals surface area contributed by atoms with E-state index in [4.69, 9.17) is 15.2 Å². The number of rotatable bonds is 5. The molecule has 1 aromatic heterocycles. The Hall–Kier alpha value is -3.61. The predicted molar refractivity (Wildman–Crippen MR) is 103 cm³/mol. The Kier molecular flexibility index (Phi) is 5.21. The van der Waals surface area contributed by atoms with Crippen LogP contribution in [-0.2, 0) is 4.74 Å². The fraction of sp³-hybridized carbons (Fsp3) is 0.150. The highest BCUT2D eigenvalue weighted by Crippen LogP contribution is 2.32. The first-order valence-corrected chi connectivity index (χ1v) is 8.29. The smallest absolute Gasteiger partial charge is 0.339 e. The van der Waals surface area contributed by atoms with Crippen LogP contribution in [-0.4, -0.2) is 23.0 Å². The average Bonchev–Trinajstić information content (AvgIpc) is 2.67. The molecule has 3 rings (SSSR count). The summed E-state index contributed by atoms with van der Waals surface area (Å²) >= 11 is 0. The molecule has 2 aromatic carbocycles. The van der Waals surface area contributed by atoms with Gasteiger partial charge in [-0.3, -0.25) is 0 Å². The third-order valence-electron chi connectivity index (χ3n) is 4.13. The zero-order valence-electron chi connectivity index (χ0n) is 15.3. The van der Waals surface area contributed by atoms with Crippen LogP contribution in [0.2, 0.25) is 0 Å². The van der Waals surface area contributed by atoms with Crippen molar-refractivity contribution in [2.75, 3.05) is 18.2 Å². The van der Waals surface area contributed by atoms with Crippen LogP contribution >= 0.6 is 0 Å². The first-order chi connectivity index (χ1) is 13.0. The number of nitrogens with one attached hydrogen (secondary N) is 1. The molecular formula is C20H20N4O3. The van der Waals surface area contributed by atoms with Gasteiger partial charge in [0.25, 0.3) is 0 Å². The highest BCUT2D eigenvalue weighted by atomic mass is 16.5. The van der Waals surface area contributed by atoms with Gasteiger partial charge in [-0.25, -0.2) is 9.78 Å². The third kappa shape index (κ3) is 3.98. The first-order valence-electron chi connectivity index (χ1n) is 8.29. The second-order valence-electron chi connectivity index (χ2n) is 5.95. The molecule has 0 atom stereocenters. The van der Waals surface area contributed by atoms with E-state index in [1.54, 1.807) is 24.3 Å². The maximum atomic E-state index is 11.9. The Morgan fingerprint density at radius 1 is 1.07 bits per heavy atom. The van der Waals surface area contributed by atoms with Crippen LogP contribution in [0.3, 0.4) is 0 Å². The molecule has 27 heavy (non-hydrogen) atoms. The van der Waals surface area contributed by atoms with Crippen LogP contribution in [0.25, 0.3) is 0 Å². The van der Waals surface area contributed by atoms with Gasteiger partial charge in [-0.2, -0.15) is 4.98 Å². The molecule has 7 heteroatoms. The summed E-state index contributed by atoms with van der Waals surface area (Å²) in [5.74, 6) is 0.730. The van der Waals surface area contributed by atoms with Gasteiger partial charge in [-0.15, -0.1) is 0 Å². The number of carbonyl (C=O) groups excluding carboxylic acids is 1. The molecule has 0 aliphatic carbocycles. The molecule has 1 heterocycles. The van der Waals surface area contributed by atoms with E-state index >= 15 is 0 Å². The van der Waals surface area contributed by atoms with Crippen LogP contribution in [0.15, 0.2) is 48.8 Å². The highest BCUT2D eigenvalue weighted by molar-refractivity contribution is 5.96. The molecule has 3 aromatic rings. The van der Waals surface area contributed by atoms with Crippen LogP contribution in [0, 0.1) is 13.8 Å². The number of benzene rings is 2. The molecule has 0 saturated carbocycles. The van der Waals surface area contributed by atoms with Gasteiger partial charge in [0.05, 0.1) is 18.4 Å². The van der Waals surface area contributed by atoms with Crippen LogP contribution in [0.1, 0.15) is 21.5 Å². The Labute approximate surface area is 157 Å². The van der Waals surface area contributed by atoms with Gasteiger partial charge >= 0.3 is 5.97 Å². The molecule has 3 N–H and O–H groups in total. The van der Waals surface area contributed by atoms with Gasteiger partial charge in [-0.1, -0.05) is 18.2 Å². The molecule has 0 radical (unpaired) electrons. The third-order valence-corrected chi connectivity index (χ3v) is 4.13. The normalized spacial score (nSPS) is 10.3.